The van der Waals surface area contributed by atoms with Crippen molar-refractivity contribution in [3.05, 3.63) is 57.6 Å². The van der Waals surface area contributed by atoms with Gasteiger partial charge in [-0.15, -0.1) is 17.9 Å². The van der Waals surface area contributed by atoms with E-state index in [4.69, 9.17) is 4.74 Å². The molecule has 7 heteroatoms. The van der Waals surface area contributed by atoms with Crippen LogP contribution < -0.4 is 0 Å². The third-order valence-corrected chi connectivity index (χ3v) is 5.10. The zero-order valence-corrected chi connectivity index (χ0v) is 16.1. The van der Waals surface area contributed by atoms with Crippen molar-refractivity contribution in [2.24, 2.45) is 0 Å². The Morgan fingerprint density at radius 3 is 2.62 bits per heavy atom. The predicted octanol–water partition coefficient (Wildman–Crippen LogP) is 3.38. The number of nitrogens with zero attached hydrogens (tertiary/aromatic N) is 1. The molecule has 1 N–H and O–H groups in total. The first-order valence-corrected chi connectivity index (χ1v) is 8.98. The summed E-state index contributed by atoms with van der Waals surface area (Å²) in [4.78, 5) is 42.7. The van der Waals surface area contributed by atoms with Crippen LogP contribution in [0.4, 0.5) is 0 Å². The monoisotopic (exact) mass is 374 g/mol. The highest BCUT2D eigenvalue weighted by Crippen LogP contribution is 2.23. The van der Waals surface area contributed by atoms with Crippen molar-refractivity contribution in [1.82, 2.24) is 9.88 Å². The number of aromatic nitrogens is 1. The van der Waals surface area contributed by atoms with E-state index in [0.29, 0.717) is 21.7 Å². The molecule has 0 bridgehead atoms. The van der Waals surface area contributed by atoms with E-state index in [2.05, 4.69) is 11.6 Å². The molecule has 0 aromatic carbocycles. The average molecular weight is 374 g/mol. The lowest BCUT2D eigenvalue weighted by Crippen LogP contribution is -2.43. The molecule has 0 saturated heterocycles. The number of ether oxygens (including phenoxy) is 1. The van der Waals surface area contributed by atoms with Gasteiger partial charge in [0, 0.05) is 17.8 Å². The lowest BCUT2D eigenvalue weighted by atomic mass is 9.99. The molecule has 26 heavy (non-hydrogen) atoms. The molecular weight excluding hydrogens is 352 g/mol. The van der Waals surface area contributed by atoms with Crippen molar-refractivity contribution >= 4 is 29.0 Å². The summed E-state index contributed by atoms with van der Waals surface area (Å²) in [7, 11) is 1.29. The Morgan fingerprint density at radius 2 is 2.08 bits per heavy atom. The molecule has 1 atom stereocenters. The third-order valence-electron chi connectivity index (χ3n) is 4.24. The number of thiophene rings is 1. The number of H-pyrrole nitrogens is 1. The standard InChI is InChI=1S/C19H22N2O4S/c1-6-9-21(18(23)14-8-7-10-26-14)13(4)17(22)15-11(2)16(19(24)25-5)20-12(15)3/h6-8,10,13,20H,1,9H2,2-5H3. The molecule has 0 fully saturated rings. The van der Waals surface area contributed by atoms with Gasteiger partial charge in [-0.3, -0.25) is 9.59 Å². The number of aryl methyl sites for hydroxylation is 1. The first kappa shape index (κ1) is 19.7. The van der Waals surface area contributed by atoms with Gasteiger partial charge in [0.25, 0.3) is 5.91 Å². The lowest BCUT2D eigenvalue weighted by molar-refractivity contribution is 0.0593. The maximum Gasteiger partial charge on any atom is 0.354 e. The first-order valence-electron chi connectivity index (χ1n) is 8.10. The third kappa shape index (κ3) is 3.62. The van der Waals surface area contributed by atoms with E-state index in [-0.39, 0.29) is 23.9 Å². The van der Waals surface area contributed by atoms with Crippen LogP contribution in [0.5, 0.6) is 0 Å². The summed E-state index contributed by atoms with van der Waals surface area (Å²) in [6.07, 6.45) is 1.59. The van der Waals surface area contributed by atoms with Gasteiger partial charge in [0.05, 0.1) is 18.0 Å². The van der Waals surface area contributed by atoms with Gasteiger partial charge in [0.15, 0.2) is 5.78 Å². The zero-order chi connectivity index (χ0) is 19.4. The topological polar surface area (TPSA) is 79.5 Å². The number of Topliss-reactive ketones (excluding diaryl/α,β-unsaturated/α-hetero) is 1. The smallest absolute Gasteiger partial charge is 0.354 e. The molecule has 0 aliphatic carbocycles. The van der Waals surface area contributed by atoms with Crippen LogP contribution in [-0.2, 0) is 4.74 Å². The molecular formula is C19H22N2O4S. The van der Waals surface area contributed by atoms with Crippen molar-refractivity contribution in [2.45, 2.75) is 26.8 Å². The molecule has 1 amide bonds. The first-order chi connectivity index (χ1) is 12.3. The van der Waals surface area contributed by atoms with Crippen molar-refractivity contribution in [1.29, 1.82) is 0 Å². The van der Waals surface area contributed by atoms with Crippen LogP contribution in [0.3, 0.4) is 0 Å². The van der Waals surface area contributed by atoms with Crippen molar-refractivity contribution in [3.8, 4) is 0 Å². The van der Waals surface area contributed by atoms with Gasteiger partial charge in [-0.25, -0.2) is 4.79 Å². The average Bonchev–Trinajstić information content (AvgIpc) is 3.25. The van der Waals surface area contributed by atoms with Gasteiger partial charge in [-0.05, 0) is 37.8 Å². The predicted molar refractivity (Wildman–Crippen MR) is 101 cm³/mol. The number of ketones is 1. The van der Waals surface area contributed by atoms with Crippen LogP contribution in [0, 0.1) is 13.8 Å². The number of nitrogens with one attached hydrogen (secondary N) is 1. The molecule has 2 aromatic rings. The van der Waals surface area contributed by atoms with Gasteiger partial charge in [-0.2, -0.15) is 0 Å². The quantitative estimate of drug-likeness (QED) is 0.458. The molecule has 2 rings (SSSR count). The molecule has 1 unspecified atom stereocenters. The fourth-order valence-corrected chi connectivity index (χ4v) is 3.55. The largest absolute Gasteiger partial charge is 0.464 e. The van der Waals surface area contributed by atoms with Crippen LogP contribution in [0.1, 0.15) is 48.7 Å². The van der Waals surface area contributed by atoms with Gasteiger partial charge < -0.3 is 14.6 Å². The Kier molecular flexibility index (Phi) is 6.15. The summed E-state index contributed by atoms with van der Waals surface area (Å²) >= 11 is 1.32. The number of amides is 1. The second-order valence-electron chi connectivity index (χ2n) is 5.88. The maximum absolute atomic E-state index is 13.1. The van der Waals surface area contributed by atoms with Crippen molar-refractivity contribution < 1.29 is 19.1 Å². The summed E-state index contributed by atoms with van der Waals surface area (Å²) in [5.41, 5.74) is 1.75. The molecule has 6 nitrogen and oxygen atoms in total. The normalized spacial score (nSPS) is 11.7. The number of methoxy groups -OCH3 is 1. The summed E-state index contributed by atoms with van der Waals surface area (Å²) < 4.78 is 4.74. The maximum atomic E-state index is 13.1. The Hall–Kier alpha value is -2.67. The molecule has 0 aliphatic heterocycles. The van der Waals surface area contributed by atoms with Crippen molar-refractivity contribution in [2.75, 3.05) is 13.7 Å². The fourth-order valence-electron chi connectivity index (χ4n) is 2.87. The molecule has 0 spiro atoms. The van der Waals surface area contributed by atoms with E-state index in [0.717, 1.165) is 0 Å². The van der Waals surface area contributed by atoms with Crippen molar-refractivity contribution in [3.63, 3.8) is 0 Å². The molecule has 2 heterocycles. The van der Waals surface area contributed by atoms with E-state index in [9.17, 15) is 14.4 Å². The summed E-state index contributed by atoms with van der Waals surface area (Å²) in [5, 5.41) is 1.81. The van der Waals surface area contributed by atoms with Gasteiger partial charge in [0.2, 0.25) is 0 Å². The van der Waals surface area contributed by atoms with E-state index in [1.165, 1.54) is 23.3 Å². The van der Waals surface area contributed by atoms with E-state index in [1.807, 2.05) is 5.38 Å². The second-order valence-corrected chi connectivity index (χ2v) is 6.83. The minimum atomic E-state index is -0.707. The summed E-state index contributed by atoms with van der Waals surface area (Å²) in [5.74, 6) is -0.993. The van der Waals surface area contributed by atoms with Crippen LogP contribution in [0.2, 0.25) is 0 Å². The zero-order valence-electron chi connectivity index (χ0n) is 15.3. The highest BCUT2D eigenvalue weighted by molar-refractivity contribution is 7.12. The molecule has 0 saturated carbocycles. The number of rotatable bonds is 7. The van der Waals surface area contributed by atoms with Gasteiger partial charge >= 0.3 is 5.97 Å². The number of esters is 1. The van der Waals surface area contributed by atoms with Crippen LogP contribution >= 0.6 is 11.3 Å². The molecule has 0 aliphatic rings. The highest BCUT2D eigenvalue weighted by Gasteiger charge is 2.31. The number of hydrogen-bond acceptors (Lipinski definition) is 5. The highest BCUT2D eigenvalue weighted by atomic mass is 32.1. The van der Waals surface area contributed by atoms with E-state index < -0.39 is 12.0 Å². The SMILES string of the molecule is C=CCN(C(=O)c1cccs1)C(C)C(=O)c1c(C)[nH]c(C(=O)OC)c1C. The van der Waals surface area contributed by atoms with Crippen LogP contribution in [0.15, 0.2) is 30.2 Å². The minimum Gasteiger partial charge on any atom is -0.464 e. The number of hydrogen-bond donors (Lipinski definition) is 1. The minimum absolute atomic E-state index is 0.222. The van der Waals surface area contributed by atoms with E-state index in [1.54, 1.807) is 39.0 Å². The van der Waals surface area contributed by atoms with Crippen LogP contribution in [-0.4, -0.2) is 47.2 Å². The number of carbonyl (C=O) groups is 3. The molecule has 0 radical (unpaired) electrons. The Balaban J connectivity index is 2.38. The van der Waals surface area contributed by atoms with Gasteiger partial charge in [-0.1, -0.05) is 12.1 Å². The molecule has 2 aromatic heterocycles. The molecule has 138 valence electrons. The number of aromatic amines is 1. The lowest BCUT2D eigenvalue weighted by Gasteiger charge is -2.27. The fraction of sp³-hybridized carbons (Fsp3) is 0.316. The van der Waals surface area contributed by atoms with Gasteiger partial charge in [0.1, 0.15) is 5.69 Å². The van der Waals surface area contributed by atoms with Crippen LogP contribution in [0.25, 0.3) is 0 Å². The van der Waals surface area contributed by atoms with E-state index >= 15 is 0 Å². The summed E-state index contributed by atoms with van der Waals surface area (Å²) in [6, 6.07) is 2.81. The Morgan fingerprint density at radius 1 is 1.38 bits per heavy atom. The number of carbonyl (C=O) groups excluding carboxylic acids is 3. The Bertz CT molecular complexity index is 836. The second kappa shape index (κ2) is 8.14. The summed E-state index contributed by atoms with van der Waals surface area (Å²) in [6.45, 7) is 9.02. The Labute approximate surface area is 156 Å².